The quantitative estimate of drug-likeness (QED) is 0.614. The summed E-state index contributed by atoms with van der Waals surface area (Å²) in [5.74, 6) is 0.692. The highest BCUT2D eigenvalue weighted by molar-refractivity contribution is 7.99. The Labute approximate surface area is 92.0 Å². The summed E-state index contributed by atoms with van der Waals surface area (Å²) in [5.41, 5.74) is -0.665. The van der Waals surface area contributed by atoms with E-state index in [9.17, 15) is 9.59 Å². The summed E-state index contributed by atoms with van der Waals surface area (Å²) in [4.78, 5) is 22.4. The van der Waals surface area contributed by atoms with Gasteiger partial charge in [0, 0.05) is 18.2 Å². The van der Waals surface area contributed by atoms with Crippen LogP contribution in [0.15, 0.2) is 0 Å². The van der Waals surface area contributed by atoms with Crippen molar-refractivity contribution in [2.45, 2.75) is 18.9 Å². The van der Waals surface area contributed by atoms with Gasteiger partial charge >= 0.3 is 5.97 Å². The predicted molar refractivity (Wildman–Crippen MR) is 56.6 cm³/mol. The zero-order valence-electron chi connectivity index (χ0n) is 8.28. The average Bonchev–Trinajstić information content (AvgIpc) is 2.80. The number of carbonyl (C=O) groups is 2. The molecule has 0 aromatic rings. The van der Waals surface area contributed by atoms with Gasteiger partial charge in [-0.1, -0.05) is 0 Å². The van der Waals surface area contributed by atoms with Gasteiger partial charge < -0.3 is 10.4 Å². The molecule has 1 aliphatic heterocycles. The summed E-state index contributed by atoms with van der Waals surface area (Å²) in [6, 6.07) is -0.153. The van der Waals surface area contributed by atoms with E-state index in [2.05, 4.69) is 10.6 Å². The maximum atomic E-state index is 11.6. The van der Waals surface area contributed by atoms with Crippen LogP contribution in [0.4, 0.5) is 0 Å². The Kier molecular flexibility index (Phi) is 2.88. The van der Waals surface area contributed by atoms with Crippen molar-refractivity contribution in [1.29, 1.82) is 0 Å². The van der Waals surface area contributed by atoms with Gasteiger partial charge in [-0.2, -0.15) is 0 Å². The molecule has 2 fully saturated rings. The van der Waals surface area contributed by atoms with Crippen molar-refractivity contribution < 1.29 is 14.7 Å². The smallest absolute Gasteiger partial charge is 0.311 e. The van der Waals surface area contributed by atoms with E-state index in [-0.39, 0.29) is 18.5 Å². The first-order chi connectivity index (χ1) is 7.14. The SMILES string of the molecule is O=C(NCC1(C(=O)O)CC1)C1CSCN1. The Morgan fingerprint density at radius 2 is 2.27 bits per heavy atom. The third kappa shape index (κ3) is 2.26. The van der Waals surface area contributed by atoms with Crippen LogP contribution in [0.5, 0.6) is 0 Å². The number of nitrogens with one attached hydrogen (secondary N) is 2. The van der Waals surface area contributed by atoms with Crippen molar-refractivity contribution in [1.82, 2.24) is 10.6 Å². The van der Waals surface area contributed by atoms with E-state index in [0.29, 0.717) is 12.8 Å². The normalized spacial score (nSPS) is 27.3. The molecule has 1 unspecified atom stereocenters. The molecule has 84 valence electrons. The van der Waals surface area contributed by atoms with Crippen molar-refractivity contribution in [3.8, 4) is 0 Å². The molecule has 1 aliphatic carbocycles. The lowest BCUT2D eigenvalue weighted by atomic mass is 10.1. The predicted octanol–water partition coefficient (Wildman–Crippen LogP) is -0.370. The first kappa shape index (κ1) is 10.8. The van der Waals surface area contributed by atoms with Gasteiger partial charge in [-0.3, -0.25) is 14.9 Å². The van der Waals surface area contributed by atoms with Crippen molar-refractivity contribution >= 4 is 23.6 Å². The number of carbonyl (C=O) groups excluding carboxylic acids is 1. The summed E-state index contributed by atoms with van der Waals surface area (Å²) in [7, 11) is 0. The molecule has 0 radical (unpaired) electrons. The molecule has 0 spiro atoms. The highest BCUT2D eigenvalue weighted by Gasteiger charge is 2.50. The molecular formula is C9H14N2O3S. The molecule has 1 saturated carbocycles. The lowest BCUT2D eigenvalue weighted by molar-refractivity contribution is -0.143. The fourth-order valence-electron chi connectivity index (χ4n) is 1.56. The number of carboxylic acids is 1. The number of thioether (sulfide) groups is 1. The molecule has 1 atom stereocenters. The molecule has 5 nitrogen and oxygen atoms in total. The third-order valence-corrected chi connectivity index (χ3v) is 3.88. The Balaban J connectivity index is 1.78. The minimum absolute atomic E-state index is 0.0764. The van der Waals surface area contributed by atoms with Crippen LogP contribution in [0.3, 0.4) is 0 Å². The van der Waals surface area contributed by atoms with Crippen LogP contribution in [0.25, 0.3) is 0 Å². The lowest BCUT2D eigenvalue weighted by Gasteiger charge is -2.14. The van der Waals surface area contributed by atoms with Crippen LogP contribution in [0, 0.1) is 5.41 Å². The molecule has 3 N–H and O–H groups in total. The van der Waals surface area contributed by atoms with E-state index in [1.807, 2.05) is 0 Å². The van der Waals surface area contributed by atoms with Gasteiger partial charge in [-0.05, 0) is 12.8 Å². The van der Waals surface area contributed by atoms with Crippen LogP contribution >= 0.6 is 11.8 Å². The van der Waals surface area contributed by atoms with Gasteiger partial charge in [0.25, 0.3) is 0 Å². The number of amides is 1. The molecule has 2 aliphatic rings. The Bertz CT molecular complexity index is 285. The first-order valence-corrected chi connectivity index (χ1v) is 6.12. The second-order valence-electron chi connectivity index (χ2n) is 4.08. The second-order valence-corrected chi connectivity index (χ2v) is 5.11. The van der Waals surface area contributed by atoms with Crippen molar-refractivity contribution in [2.24, 2.45) is 5.41 Å². The topological polar surface area (TPSA) is 78.4 Å². The second kappa shape index (κ2) is 4.02. The van der Waals surface area contributed by atoms with Crippen LogP contribution in [0.2, 0.25) is 0 Å². The standard InChI is InChI=1S/C9H14N2O3S/c12-7(6-3-15-5-11-6)10-4-9(1-2-9)8(13)14/h6,11H,1-5H2,(H,10,12)(H,13,14). The molecule has 2 rings (SSSR count). The summed E-state index contributed by atoms with van der Waals surface area (Å²) in [6.45, 7) is 0.268. The van der Waals surface area contributed by atoms with Gasteiger partial charge in [-0.15, -0.1) is 11.8 Å². The highest BCUT2D eigenvalue weighted by Crippen LogP contribution is 2.45. The summed E-state index contributed by atoms with van der Waals surface area (Å²) in [5, 5.41) is 14.7. The minimum atomic E-state index is -0.795. The summed E-state index contributed by atoms with van der Waals surface area (Å²) >= 11 is 1.68. The van der Waals surface area contributed by atoms with Gasteiger partial charge in [0.2, 0.25) is 5.91 Å². The lowest BCUT2D eigenvalue weighted by Crippen LogP contribution is -2.45. The van der Waals surface area contributed by atoms with E-state index in [4.69, 9.17) is 5.11 Å². The molecule has 1 heterocycles. The van der Waals surface area contributed by atoms with E-state index < -0.39 is 11.4 Å². The Hall–Kier alpha value is -0.750. The maximum absolute atomic E-state index is 11.6. The molecule has 1 saturated heterocycles. The van der Waals surface area contributed by atoms with Gasteiger partial charge in [0.1, 0.15) is 0 Å². The maximum Gasteiger partial charge on any atom is 0.311 e. The van der Waals surface area contributed by atoms with Crippen molar-refractivity contribution in [3.05, 3.63) is 0 Å². The van der Waals surface area contributed by atoms with Gasteiger partial charge in [0.05, 0.1) is 11.5 Å². The summed E-state index contributed by atoms with van der Waals surface area (Å²) < 4.78 is 0. The monoisotopic (exact) mass is 230 g/mol. The molecular weight excluding hydrogens is 216 g/mol. The first-order valence-electron chi connectivity index (χ1n) is 4.96. The molecule has 15 heavy (non-hydrogen) atoms. The zero-order chi connectivity index (χ0) is 10.9. The van der Waals surface area contributed by atoms with E-state index >= 15 is 0 Å². The average molecular weight is 230 g/mol. The van der Waals surface area contributed by atoms with Gasteiger partial charge in [-0.25, -0.2) is 0 Å². The van der Waals surface area contributed by atoms with Crippen LogP contribution in [-0.2, 0) is 9.59 Å². The molecule has 6 heteroatoms. The van der Waals surface area contributed by atoms with E-state index in [1.54, 1.807) is 11.8 Å². The molecule has 1 amide bonds. The van der Waals surface area contributed by atoms with Crippen LogP contribution < -0.4 is 10.6 Å². The Morgan fingerprint density at radius 3 is 2.73 bits per heavy atom. The number of aliphatic carboxylic acids is 1. The van der Waals surface area contributed by atoms with Crippen molar-refractivity contribution in [3.63, 3.8) is 0 Å². The molecule has 0 bridgehead atoms. The Morgan fingerprint density at radius 1 is 1.53 bits per heavy atom. The number of rotatable bonds is 4. The number of hydrogen-bond acceptors (Lipinski definition) is 4. The fourth-order valence-corrected chi connectivity index (χ4v) is 2.50. The minimum Gasteiger partial charge on any atom is -0.481 e. The number of hydrogen-bond donors (Lipinski definition) is 3. The molecule has 0 aromatic heterocycles. The van der Waals surface area contributed by atoms with E-state index in [1.165, 1.54) is 0 Å². The zero-order valence-corrected chi connectivity index (χ0v) is 9.10. The van der Waals surface area contributed by atoms with Crippen molar-refractivity contribution in [2.75, 3.05) is 18.2 Å². The third-order valence-electron chi connectivity index (χ3n) is 2.94. The largest absolute Gasteiger partial charge is 0.481 e. The van der Waals surface area contributed by atoms with Crippen LogP contribution in [0.1, 0.15) is 12.8 Å². The fraction of sp³-hybridized carbons (Fsp3) is 0.778. The number of carboxylic acid groups (broad SMARTS) is 1. The highest BCUT2D eigenvalue weighted by atomic mass is 32.2. The summed E-state index contributed by atoms with van der Waals surface area (Å²) in [6.07, 6.45) is 1.35. The van der Waals surface area contributed by atoms with Gasteiger partial charge in [0.15, 0.2) is 0 Å². The molecule has 0 aromatic carbocycles. The van der Waals surface area contributed by atoms with Crippen LogP contribution in [-0.4, -0.2) is 41.2 Å². The van der Waals surface area contributed by atoms with E-state index in [0.717, 1.165) is 11.6 Å².